The molecular formula is C7H13ClO2. The third kappa shape index (κ3) is 6.05. The molecule has 0 saturated carbocycles. The first-order chi connectivity index (χ1) is 4.66. The molecule has 0 saturated heterocycles. The fourth-order valence-electron chi connectivity index (χ4n) is 0.747. The maximum Gasteiger partial charge on any atom is 0.132 e. The maximum atomic E-state index is 10.4. The Bertz CT molecular complexity index is 104. The number of halogens is 1. The highest BCUT2D eigenvalue weighted by atomic mass is 35.5. The first kappa shape index (κ1) is 9.92. The summed E-state index contributed by atoms with van der Waals surface area (Å²) in [6.07, 6.45) is 1.17. The van der Waals surface area contributed by atoms with Crippen LogP contribution in [-0.2, 0) is 4.79 Å². The van der Waals surface area contributed by atoms with Crippen LogP contribution >= 0.6 is 11.6 Å². The predicted octanol–water partition coefficient (Wildman–Crippen LogP) is 1.35. The Kier molecular flexibility index (Phi) is 5.64. The SMILES string of the molecule is CC(=O)CC(O)CCCCl. The fraction of sp³-hybridized carbons (Fsp3) is 0.857. The number of aliphatic hydroxyl groups is 1. The highest BCUT2D eigenvalue weighted by Gasteiger charge is 2.05. The van der Waals surface area contributed by atoms with Gasteiger partial charge in [-0.1, -0.05) is 0 Å². The van der Waals surface area contributed by atoms with Crippen molar-refractivity contribution < 1.29 is 9.90 Å². The van der Waals surface area contributed by atoms with Gasteiger partial charge in [-0.3, -0.25) is 4.79 Å². The standard InChI is InChI=1S/C7H13ClO2/c1-6(9)5-7(10)3-2-4-8/h7,10H,2-5H2,1H3. The minimum atomic E-state index is -0.490. The lowest BCUT2D eigenvalue weighted by Crippen LogP contribution is -2.10. The molecule has 1 N–H and O–H groups in total. The second-order valence-corrected chi connectivity index (χ2v) is 2.77. The third-order valence-electron chi connectivity index (χ3n) is 1.19. The van der Waals surface area contributed by atoms with E-state index in [2.05, 4.69) is 0 Å². The van der Waals surface area contributed by atoms with Crippen molar-refractivity contribution >= 4 is 17.4 Å². The zero-order valence-electron chi connectivity index (χ0n) is 6.14. The molecule has 0 radical (unpaired) electrons. The number of alkyl halides is 1. The topological polar surface area (TPSA) is 37.3 Å². The summed E-state index contributed by atoms with van der Waals surface area (Å²) < 4.78 is 0. The summed E-state index contributed by atoms with van der Waals surface area (Å²) in [6, 6.07) is 0. The van der Waals surface area contributed by atoms with E-state index in [0.717, 1.165) is 6.42 Å². The van der Waals surface area contributed by atoms with Gasteiger partial charge in [-0.15, -0.1) is 11.6 Å². The molecule has 1 atom stereocenters. The van der Waals surface area contributed by atoms with E-state index in [0.29, 0.717) is 12.3 Å². The van der Waals surface area contributed by atoms with Crippen LogP contribution in [0.4, 0.5) is 0 Å². The zero-order chi connectivity index (χ0) is 7.98. The molecule has 0 bridgehead atoms. The number of hydrogen-bond donors (Lipinski definition) is 1. The number of ketones is 1. The Morgan fingerprint density at radius 2 is 2.30 bits per heavy atom. The van der Waals surface area contributed by atoms with Gasteiger partial charge >= 0.3 is 0 Å². The molecule has 0 rings (SSSR count). The van der Waals surface area contributed by atoms with Gasteiger partial charge in [0.25, 0.3) is 0 Å². The number of hydrogen-bond acceptors (Lipinski definition) is 2. The fourth-order valence-corrected chi connectivity index (χ4v) is 0.901. The van der Waals surface area contributed by atoms with Crippen LogP contribution < -0.4 is 0 Å². The Morgan fingerprint density at radius 3 is 2.70 bits per heavy atom. The Labute approximate surface area is 66.2 Å². The molecule has 60 valence electrons. The minimum absolute atomic E-state index is 0.0297. The van der Waals surface area contributed by atoms with Crippen molar-refractivity contribution in [1.29, 1.82) is 0 Å². The van der Waals surface area contributed by atoms with Gasteiger partial charge in [0, 0.05) is 12.3 Å². The quantitative estimate of drug-likeness (QED) is 0.623. The highest BCUT2D eigenvalue weighted by molar-refractivity contribution is 6.17. The van der Waals surface area contributed by atoms with E-state index >= 15 is 0 Å². The number of rotatable bonds is 5. The van der Waals surface area contributed by atoms with Gasteiger partial charge in [-0.25, -0.2) is 0 Å². The van der Waals surface area contributed by atoms with Gasteiger partial charge in [0.1, 0.15) is 5.78 Å². The molecule has 0 aromatic heterocycles. The van der Waals surface area contributed by atoms with E-state index in [1.807, 2.05) is 0 Å². The molecule has 2 nitrogen and oxygen atoms in total. The second kappa shape index (κ2) is 5.69. The first-order valence-corrected chi connectivity index (χ1v) is 3.93. The van der Waals surface area contributed by atoms with Crippen LogP contribution in [0.1, 0.15) is 26.2 Å². The van der Waals surface area contributed by atoms with Gasteiger partial charge in [0.15, 0.2) is 0 Å². The van der Waals surface area contributed by atoms with Crippen molar-refractivity contribution in [2.45, 2.75) is 32.3 Å². The molecular weight excluding hydrogens is 152 g/mol. The van der Waals surface area contributed by atoms with Crippen molar-refractivity contribution in [3.8, 4) is 0 Å². The molecule has 0 heterocycles. The Hall–Kier alpha value is -0.0800. The molecule has 0 aromatic carbocycles. The molecule has 0 amide bonds. The van der Waals surface area contributed by atoms with E-state index in [1.165, 1.54) is 6.92 Å². The number of aliphatic hydroxyl groups excluding tert-OH is 1. The van der Waals surface area contributed by atoms with Crippen molar-refractivity contribution in [3.63, 3.8) is 0 Å². The monoisotopic (exact) mass is 164 g/mol. The van der Waals surface area contributed by atoms with E-state index in [1.54, 1.807) is 0 Å². The van der Waals surface area contributed by atoms with Crippen LogP contribution in [0.2, 0.25) is 0 Å². The van der Waals surface area contributed by atoms with Crippen LogP contribution in [0.5, 0.6) is 0 Å². The minimum Gasteiger partial charge on any atom is -0.393 e. The van der Waals surface area contributed by atoms with Gasteiger partial charge in [0.05, 0.1) is 6.10 Å². The zero-order valence-corrected chi connectivity index (χ0v) is 6.90. The molecule has 1 unspecified atom stereocenters. The van der Waals surface area contributed by atoms with Gasteiger partial charge in [-0.2, -0.15) is 0 Å². The molecule has 0 spiro atoms. The van der Waals surface area contributed by atoms with Gasteiger partial charge in [0.2, 0.25) is 0 Å². The molecule has 0 aliphatic rings. The van der Waals surface area contributed by atoms with Crippen LogP contribution in [0.25, 0.3) is 0 Å². The van der Waals surface area contributed by atoms with Crippen molar-refractivity contribution in [2.75, 3.05) is 5.88 Å². The Balaban J connectivity index is 3.25. The van der Waals surface area contributed by atoms with Crippen LogP contribution in [0, 0.1) is 0 Å². The number of carbonyl (C=O) groups is 1. The smallest absolute Gasteiger partial charge is 0.132 e. The second-order valence-electron chi connectivity index (χ2n) is 2.39. The van der Waals surface area contributed by atoms with E-state index in [4.69, 9.17) is 16.7 Å². The van der Waals surface area contributed by atoms with E-state index in [9.17, 15) is 4.79 Å². The largest absolute Gasteiger partial charge is 0.393 e. The lowest BCUT2D eigenvalue weighted by Gasteiger charge is -2.05. The van der Waals surface area contributed by atoms with Crippen LogP contribution in [0.3, 0.4) is 0 Å². The van der Waals surface area contributed by atoms with Gasteiger partial charge in [-0.05, 0) is 19.8 Å². The highest BCUT2D eigenvalue weighted by Crippen LogP contribution is 2.02. The maximum absolute atomic E-state index is 10.4. The number of carbonyl (C=O) groups excluding carboxylic acids is 1. The predicted molar refractivity (Wildman–Crippen MR) is 41.3 cm³/mol. The lowest BCUT2D eigenvalue weighted by molar-refractivity contribution is -0.118. The molecule has 0 aliphatic heterocycles. The summed E-state index contributed by atoms with van der Waals surface area (Å²) in [6.45, 7) is 1.48. The first-order valence-electron chi connectivity index (χ1n) is 3.40. The van der Waals surface area contributed by atoms with Crippen LogP contribution in [-0.4, -0.2) is 22.9 Å². The van der Waals surface area contributed by atoms with E-state index in [-0.39, 0.29) is 12.2 Å². The normalized spacial score (nSPS) is 13.1. The summed E-state index contributed by atoms with van der Waals surface area (Å²) in [5, 5.41) is 9.07. The van der Waals surface area contributed by atoms with Crippen molar-refractivity contribution in [2.24, 2.45) is 0 Å². The lowest BCUT2D eigenvalue weighted by atomic mass is 10.1. The average molecular weight is 165 g/mol. The van der Waals surface area contributed by atoms with Gasteiger partial charge < -0.3 is 5.11 Å². The average Bonchev–Trinajstić information content (AvgIpc) is 1.82. The summed E-state index contributed by atoms with van der Waals surface area (Å²) >= 11 is 5.39. The summed E-state index contributed by atoms with van der Waals surface area (Å²) in [7, 11) is 0. The number of Topliss-reactive ketones (excluding diaryl/α,β-unsaturated/α-hetero) is 1. The molecule has 0 aromatic rings. The summed E-state index contributed by atoms with van der Waals surface area (Å²) in [5.41, 5.74) is 0. The van der Waals surface area contributed by atoms with E-state index < -0.39 is 6.10 Å². The third-order valence-corrected chi connectivity index (χ3v) is 1.46. The van der Waals surface area contributed by atoms with Crippen LogP contribution in [0.15, 0.2) is 0 Å². The molecule has 3 heteroatoms. The summed E-state index contributed by atoms with van der Waals surface area (Å²) in [5.74, 6) is 0.580. The molecule has 0 aliphatic carbocycles. The van der Waals surface area contributed by atoms with Crippen molar-refractivity contribution in [1.82, 2.24) is 0 Å². The molecule has 0 fully saturated rings. The Morgan fingerprint density at radius 1 is 1.70 bits per heavy atom. The van der Waals surface area contributed by atoms with Crippen molar-refractivity contribution in [3.05, 3.63) is 0 Å². The summed E-state index contributed by atoms with van der Waals surface area (Å²) in [4.78, 5) is 10.4. The molecule has 10 heavy (non-hydrogen) atoms.